The molecule has 1 aliphatic carbocycles. The van der Waals surface area contributed by atoms with E-state index in [0.717, 1.165) is 19.3 Å². The van der Waals surface area contributed by atoms with Gasteiger partial charge in [-0.2, -0.15) is 0 Å². The van der Waals surface area contributed by atoms with Crippen molar-refractivity contribution >= 4 is 6.09 Å². The van der Waals surface area contributed by atoms with E-state index in [2.05, 4.69) is 6.92 Å². The highest BCUT2D eigenvalue weighted by Gasteiger charge is 2.32. The summed E-state index contributed by atoms with van der Waals surface area (Å²) in [6, 6.07) is 0.229. The van der Waals surface area contributed by atoms with Crippen LogP contribution in [0.3, 0.4) is 0 Å². The Kier molecular flexibility index (Phi) is 4.80. The molecule has 0 aromatic carbocycles. The van der Waals surface area contributed by atoms with E-state index < -0.39 is 5.60 Å². The lowest BCUT2D eigenvalue weighted by atomic mass is 10.1. The number of nitrogens with zero attached hydrogens (tertiary/aromatic N) is 1. The molecule has 0 aromatic rings. The maximum atomic E-state index is 12.0. The van der Waals surface area contributed by atoms with Crippen molar-refractivity contribution in [3.05, 3.63) is 0 Å². The third-order valence-electron chi connectivity index (χ3n) is 3.08. The van der Waals surface area contributed by atoms with Crippen LogP contribution in [0.2, 0.25) is 0 Å². The molecular formula is C13H25NO3. The highest BCUT2D eigenvalue weighted by Crippen LogP contribution is 2.29. The molecule has 2 atom stereocenters. The van der Waals surface area contributed by atoms with E-state index in [9.17, 15) is 4.79 Å². The zero-order valence-electron chi connectivity index (χ0n) is 11.4. The van der Waals surface area contributed by atoms with Gasteiger partial charge in [0.25, 0.3) is 0 Å². The van der Waals surface area contributed by atoms with Crippen molar-refractivity contribution < 1.29 is 14.6 Å². The molecule has 0 bridgehead atoms. The number of aliphatic hydroxyl groups is 1. The summed E-state index contributed by atoms with van der Waals surface area (Å²) >= 11 is 0. The molecule has 1 saturated carbocycles. The minimum Gasteiger partial charge on any atom is -0.444 e. The van der Waals surface area contributed by atoms with Crippen LogP contribution in [0.5, 0.6) is 0 Å². The first-order valence-corrected chi connectivity index (χ1v) is 6.44. The second kappa shape index (κ2) is 5.71. The number of ether oxygens (including phenoxy) is 1. The minimum atomic E-state index is -0.477. The van der Waals surface area contributed by atoms with Gasteiger partial charge in [0.1, 0.15) is 5.60 Å². The third-order valence-corrected chi connectivity index (χ3v) is 3.08. The summed E-state index contributed by atoms with van der Waals surface area (Å²) in [6.45, 7) is 8.14. The molecule has 1 aliphatic rings. The fourth-order valence-corrected chi connectivity index (χ4v) is 2.31. The molecule has 0 radical (unpaired) electrons. The molecule has 100 valence electrons. The fourth-order valence-electron chi connectivity index (χ4n) is 2.31. The molecule has 1 fully saturated rings. The molecule has 1 rings (SSSR count). The molecule has 4 heteroatoms. The van der Waals surface area contributed by atoms with E-state index in [4.69, 9.17) is 9.84 Å². The fraction of sp³-hybridized carbons (Fsp3) is 0.923. The van der Waals surface area contributed by atoms with Gasteiger partial charge in [-0.25, -0.2) is 4.79 Å². The zero-order valence-corrected chi connectivity index (χ0v) is 11.4. The van der Waals surface area contributed by atoms with E-state index in [0.29, 0.717) is 12.5 Å². The van der Waals surface area contributed by atoms with E-state index in [1.165, 1.54) is 0 Å². The first-order chi connectivity index (χ1) is 7.83. The molecule has 0 saturated heterocycles. The largest absolute Gasteiger partial charge is 0.444 e. The normalized spacial score (nSPS) is 24.8. The minimum absolute atomic E-state index is 0.00980. The van der Waals surface area contributed by atoms with Crippen LogP contribution in [0.15, 0.2) is 0 Å². The van der Waals surface area contributed by atoms with Crippen LogP contribution < -0.4 is 0 Å². The Balaban J connectivity index is 2.61. The van der Waals surface area contributed by atoms with Gasteiger partial charge in [-0.1, -0.05) is 6.92 Å². The van der Waals surface area contributed by atoms with Gasteiger partial charge in [-0.15, -0.1) is 0 Å². The topological polar surface area (TPSA) is 49.8 Å². The summed E-state index contributed by atoms with van der Waals surface area (Å²) in [5.74, 6) is 0.656. The summed E-state index contributed by atoms with van der Waals surface area (Å²) in [5, 5.41) is 9.06. The quantitative estimate of drug-likeness (QED) is 0.828. The molecule has 17 heavy (non-hydrogen) atoms. The van der Waals surface area contributed by atoms with Crippen molar-refractivity contribution in [2.75, 3.05) is 13.2 Å². The van der Waals surface area contributed by atoms with Gasteiger partial charge in [0.05, 0.1) is 6.61 Å². The molecule has 2 unspecified atom stereocenters. The van der Waals surface area contributed by atoms with Gasteiger partial charge in [-0.05, 0) is 46.0 Å². The number of carbonyl (C=O) groups is 1. The summed E-state index contributed by atoms with van der Waals surface area (Å²) in [4.78, 5) is 13.7. The van der Waals surface area contributed by atoms with E-state index in [1.54, 1.807) is 4.90 Å². The predicted molar refractivity (Wildman–Crippen MR) is 66.8 cm³/mol. The summed E-state index contributed by atoms with van der Waals surface area (Å²) in [7, 11) is 0. The Morgan fingerprint density at radius 2 is 2.06 bits per heavy atom. The van der Waals surface area contributed by atoms with Gasteiger partial charge in [0.15, 0.2) is 0 Å². The van der Waals surface area contributed by atoms with Crippen molar-refractivity contribution in [3.63, 3.8) is 0 Å². The van der Waals surface area contributed by atoms with E-state index in [-0.39, 0.29) is 18.7 Å². The molecule has 0 heterocycles. The number of carbonyl (C=O) groups excluding carboxylic acids is 1. The van der Waals surface area contributed by atoms with Crippen LogP contribution in [0.25, 0.3) is 0 Å². The van der Waals surface area contributed by atoms with Gasteiger partial charge in [0, 0.05) is 12.6 Å². The van der Waals surface area contributed by atoms with Crippen LogP contribution in [0.1, 0.15) is 47.0 Å². The summed E-state index contributed by atoms with van der Waals surface area (Å²) < 4.78 is 5.38. The molecule has 4 nitrogen and oxygen atoms in total. The Bertz CT molecular complexity index is 260. The van der Waals surface area contributed by atoms with E-state index >= 15 is 0 Å². The Morgan fingerprint density at radius 1 is 1.41 bits per heavy atom. The Morgan fingerprint density at radius 3 is 2.47 bits per heavy atom. The zero-order chi connectivity index (χ0) is 13.1. The van der Waals surface area contributed by atoms with Gasteiger partial charge in [-0.3, -0.25) is 0 Å². The molecule has 1 N–H and O–H groups in total. The van der Waals surface area contributed by atoms with Crippen LogP contribution >= 0.6 is 0 Å². The SMILES string of the molecule is CC1CCC(N(CCO)C(=O)OC(C)(C)C)C1. The van der Waals surface area contributed by atoms with Crippen LogP contribution in [-0.2, 0) is 4.74 Å². The standard InChI is InChI=1S/C13H25NO3/c1-10-5-6-11(9-10)14(7-8-15)12(16)17-13(2,3)4/h10-11,15H,5-9H2,1-4H3. The van der Waals surface area contributed by atoms with Gasteiger partial charge in [0.2, 0.25) is 0 Å². The second-order valence-electron chi connectivity index (χ2n) is 5.97. The maximum Gasteiger partial charge on any atom is 0.410 e. The first kappa shape index (κ1) is 14.3. The molecule has 0 spiro atoms. The van der Waals surface area contributed by atoms with Crippen molar-refractivity contribution in [1.82, 2.24) is 4.90 Å². The molecule has 1 amide bonds. The smallest absolute Gasteiger partial charge is 0.410 e. The van der Waals surface area contributed by atoms with Gasteiger partial charge >= 0.3 is 6.09 Å². The van der Waals surface area contributed by atoms with Crippen molar-refractivity contribution in [2.45, 2.75) is 58.6 Å². The van der Waals surface area contributed by atoms with Gasteiger partial charge < -0.3 is 14.7 Å². The molecular weight excluding hydrogens is 218 g/mol. The lowest BCUT2D eigenvalue weighted by Crippen LogP contribution is -2.43. The lowest BCUT2D eigenvalue weighted by molar-refractivity contribution is 0.0126. The molecule has 0 aliphatic heterocycles. The Hall–Kier alpha value is -0.770. The predicted octanol–water partition coefficient (Wildman–Crippen LogP) is 2.40. The lowest BCUT2D eigenvalue weighted by Gasteiger charge is -2.31. The number of hydrogen-bond acceptors (Lipinski definition) is 3. The first-order valence-electron chi connectivity index (χ1n) is 6.44. The average molecular weight is 243 g/mol. The van der Waals surface area contributed by atoms with Crippen LogP contribution in [0, 0.1) is 5.92 Å². The summed E-state index contributed by atoms with van der Waals surface area (Å²) in [6.07, 6.45) is 2.88. The van der Waals surface area contributed by atoms with E-state index in [1.807, 2.05) is 20.8 Å². The number of aliphatic hydroxyl groups excluding tert-OH is 1. The number of amides is 1. The van der Waals surface area contributed by atoms with Crippen LogP contribution in [0.4, 0.5) is 4.79 Å². The van der Waals surface area contributed by atoms with Crippen molar-refractivity contribution in [1.29, 1.82) is 0 Å². The second-order valence-corrected chi connectivity index (χ2v) is 5.97. The summed E-state index contributed by atoms with van der Waals surface area (Å²) in [5.41, 5.74) is -0.477. The highest BCUT2D eigenvalue weighted by molar-refractivity contribution is 5.68. The maximum absolute atomic E-state index is 12.0. The van der Waals surface area contributed by atoms with Crippen molar-refractivity contribution in [2.24, 2.45) is 5.92 Å². The highest BCUT2D eigenvalue weighted by atomic mass is 16.6. The average Bonchev–Trinajstić information content (AvgIpc) is 2.58. The number of rotatable bonds is 3. The molecule has 0 aromatic heterocycles. The number of hydrogen-bond donors (Lipinski definition) is 1. The van der Waals surface area contributed by atoms with Crippen LogP contribution in [-0.4, -0.2) is 40.9 Å². The monoisotopic (exact) mass is 243 g/mol. The third kappa shape index (κ3) is 4.54. The Labute approximate surface area is 104 Å². The van der Waals surface area contributed by atoms with Crippen molar-refractivity contribution in [3.8, 4) is 0 Å².